The predicted molar refractivity (Wildman–Crippen MR) is 103 cm³/mol. The van der Waals surface area contributed by atoms with Crippen molar-refractivity contribution in [3.63, 3.8) is 0 Å². The van der Waals surface area contributed by atoms with E-state index in [9.17, 15) is 4.79 Å². The Bertz CT molecular complexity index is 1050. The van der Waals surface area contributed by atoms with Crippen molar-refractivity contribution >= 4 is 32.7 Å². The van der Waals surface area contributed by atoms with Crippen LogP contribution < -0.4 is 5.32 Å². The zero-order valence-corrected chi connectivity index (χ0v) is 15.2. The Morgan fingerprint density at radius 2 is 1.92 bits per heavy atom. The monoisotopic (exact) mass is 363 g/mol. The van der Waals surface area contributed by atoms with Crippen LogP contribution in [0.5, 0.6) is 0 Å². The van der Waals surface area contributed by atoms with Crippen LogP contribution in [0.4, 0.5) is 5.13 Å². The Balaban J connectivity index is 1.56. The average molecular weight is 363 g/mol. The maximum atomic E-state index is 12.4. The Labute approximate surface area is 154 Å². The number of carbonyl (C=O) groups excluding carboxylic acids is 1. The van der Waals surface area contributed by atoms with E-state index in [1.54, 1.807) is 12.4 Å². The smallest absolute Gasteiger partial charge is 0.257 e. The summed E-state index contributed by atoms with van der Waals surface area (Å²) >= 11 is 1.35. The number of hydrogen-bond acceptors (Lipinski definition) is 5. The fourth-order valence-corrected chi connectivity index (χ4v) is 3.44. The van der Waals surface area contributed by atoms with Gasteiger partial charge in [-0.05, 0) is 35.7 Å². The lowest BCUT2D eigenvalue weighted by Crippen LogP contribution is -2.11. The van der Waals surface area contributed by atoms with Crippen LogP contribution in [-0.4, -0.2) is 26.1 Å². The number of amides is 1. The first-order valence-electron chi connectivity index (χ1n) is 8.28. The van der Waals surface area contributed by atoms with Gasteiger partial charge in [0.05, 0.1) is 11.9 Å². The highest BCUT2D eigenvalue weighted by molar-refractivity contribution is 7.22. The first-order chi connectivity index (χ1) is 12.6. The van der Waals surface area contributed by atoms with E-state index < -0.39 is 0 Å². The molecule has 0 saturated carbocycles. The van der Waals surface area contributed by atoms with Gasteiger partial charge in [-0.25, -0.2) is 9.97 Å². The average Bonchev–Trinajstić information content (AvgIpc) is 3.30. The van der Waals surface area contributed by atoms with Crippen molar-refractivity contribution in [2.45, 2.75) is 19.8 Å². The number of fused-ring (bicyclic) bond motifs is 1. The minimum absolute atomic E-state index is 0.172. The zero-order valence-electron chi connectivity index (χ0n) is 14.4. The van der Waals surface area contributed by atoms with E-state index in [0.717, 1.165) is 21.6 Å². The molecule has 4 rings (SSSR count). The van der Waals surface area contributed by atoms with Crippen LogP contribution in [0, 0.1) is 0 Å². The molecule has 4 aromatic rings. The molecule has 0 fully saturated rings. The number of thiazole rings is 1. The van der Waals surface area contributed by atoms with Crippen LogP contribution in [0.3, 0.4) is 0 Å². The molecule has 0 aliphatic carbocycles. The van der Waals surface area contributed by atoms with Gasteiger partial charge in [-0.3, -0.25) is 15.2 Å². The van der Waals surface area contributed by atoms with Gasteiger partial charge in [0.25, 0.3) is 5.91 Å². The summed E-state index contributed by atoms with van der Waals surface area (Å²) in [4.78, 5) is 22.3. The van der Waals surface area contributed by atoms with Crippen molar-refractivity contribution in [2.75, 3.05) is 5.32 Å². The molecule has 7 heteroatoms. The molecular formula is C19H17N5OS. The molecule has 0 unspecified atom stereocenters. The van der Waals surface area contributed by atoms with Gasteiger partial charge < -0.3 is 0 Å². The fraction of sp³-hybridized carbons (Fsp3) is 0.158. The molecule has 2 N–H and O–H groups in total. The number of carbonyl (C=O) groups is 1. The molecule has 0 spiro atoms. The van der Waals surface area contributed by atoms with E-state index >= 15 is 0 Å². The fourth-order valence-electron chi connectivity index (χ4n) is 2.61. The summed E-state index contributed by atoms with van der Waals surface area (Å²) in [7, 11) is 0. The van der Waals surface area contributed by atoms with Gasteiger partial charge in [0.15, 0.2) is 5.13 Å². The predicted octanol–water partition coefficient (Wildman–Crippen LogP) is 4.46. The largest absolute Gasteiger partial charge is 0.298 e. The summed E-state index contributed by atoms with van der Waals surface area (Å²) in [5, 5.41) is 10.1. The van der Waals surface area contributed by atoms with Crippen LogP contribution >= 0.6 is 11.3 Å². The molecule has 0 atom stereocenters. The first-order valence-corrected chi connectivity index (χ1v) is 9.10. The van der Waals surface area contributed by atoms with Gasteiger partial charge in [-0.15, -0.1) is 0 Å². The van der Waals surface area contributed by atoms with Crippen LogP contribution in [0.15, 0.2) is 48.8 Å². The molecule has 0 radical (unpaired) electrons. The minimum Gasteiger partial charge on any atom is -0.298 e. The molecule has 3 heterocycles. The molecule has 6 nitrogen and oxygen atoms in total. The number of aromatic amines is 1. The highest BCUT2D eigenvalue weighted by Crippen LogP contribution is 2.27. The molecule has 130 valence electrons. The normalized spacial score (nSPS) is 11.2. The Hall–Kier alpha value is -3.06. The minimum atomic E-state index is -0.172. The van der Waals surface area contributed by atoms with E-state index in [1.165, 1.54) is 16.9 Å². The summed E-state index contributed by atoms with van der Waals surface area (Å²) in [5.74, 6) is 0.265. The van der Waals surface area contributed by atoms with Gasteiger partial charge in [0, 0.05) is 17.3 Å². The number of rotatable bonds is 4. The molecule has 0 aliphatic heterocycles. The molecule has 3 aromatic heterocycles. The number of pyridine rings is 1. The maximum absolute atomic E-state index is 12.4. The number of nitrogens with zero attached hydrogens (tertiary/aromatic N) is 3. The molecule has 26 heavy (non-hydrogen) atoms. The van der Waals surface area contributed by atoms with Gasteiger partial charge in [0.2, 0.25) is 0 Å². The van der Waals surface area contributed by atoms with Gasteiger partial charge in [-0.2, -0.15) is 5.10 Å². The van der Waals surface area contributed by atoms with Gasteiger partial charge in [0.1, 0.15) is 10.3 Å². The van der Waals surface area contributed by atoms with E-state index in [2.05, 4.69) is 39.3 Å². The standard InChI is InChI=1S/C19H17N5OS/c1-11(2)12-3-5-13(6-4-12)17(25)24-19-23-16-8-7-15(22-18(16)26-19)14-9-20-21-10-14/h3-11H,1-2H3,(H,20,21)(H,23,24,25). The highest BCUT2D eigenvalue weighted by atomic mass is 32.1. The maximum Gasteiger partial charge on any atom is 0.257 e. The van der Waals surface area contributed by atoms with Crippen molar-refractivity contribution in [3.05, 3.63) is 59.9 Å². The molecule has 0 bridgehead atoms. The van der Waals surface area contributed by atoms with E-state index in [4.69, 9.17) is 0 Å². The van der Waals surface area contributed by atoms with E-state index in [0.29, 0.717) is 16.6 Å². The lowest BCUT2D eigenvalue weighted by Gasteiger charge is -2.06. The lowest BCUT2D eigenvalue weighted by molar-refractivity contribution is 0.102. The first kappa shape index (κ1) is 16.4. The van der Waals surface area contributed by atoms with Crippen LogP contribution in [-0.2, 0) is 0 Å². The molecule has 0 saturated heterocycles. The SMILES string of the molecule is CC(C)c1ccc(C(=O)Nc2nc3ccc(-c4cn[nH]c4)nc3s2)cc1. The second-order valence-corrected chi connectivity index (χ2v) is 7.24. The lowest BCUT2D eigenvalue weighted by atomic mass is 10.0. The number of hydrogen-bond donors (Lipinski definition) is 2. The van der Waals surface area contributed by atoms with Crippen molar-refractivity contribution in [2.24, 2.45) is 0 Å². The summed E-state index contributed by atoms with van der Waals surface area (Å²) in [5.41, 5.74) is 4.30. The molecule has 1 amide bonds. The van der Waals surface area contributed by atoms with Crippen molar-refractivity contribution in [1.82, 2.24) is 20.2 Å². The summed E-state index contributed by atoms with van der Waals surface area (Å²) in [6.45, 7) is 4.25. The second-order valence-electron chi connectivity index (χ2n) is 6.26. The Morgan fingerprint density at radius 1 is 1.12 bits per heavy atom. The molecular weight excluding hydrogens is 346 g/mol. The summed E-state index contributed by atoms with van der Waals surface area (Å²) < 4.78 is 0. The summed E-state index contributed by atoms with van der Waals surface area (Å²) in [6.07, 6.45) is 3.51. The Kier molecular flexibility index (Phi) is 4.22. The topological polar surface area (TPSA) is 83.6 Å². The zero-order chi connectivity index (χ0) is 18.1. The number of benzene rings is 1. The third-order valence-electron chi connectivity index (χ3n) is 4.11. The van der Waals surface area contributed by atoms with Crippen LogP contribution in [0.25, 0.3) is 21.6 Å². The quantitative estimate of drug-likeness (QED) is 0.561. The van der Waals surface area contributed by atoms with Crippen molar-refractivity contribution < 1.29 is 4.79 Å². The number of H-pyrrole nitrogens is 1. The van der Waals surface area contributed by atoms with E-state index in [1.807, 2.05) is 36.4 Å². The molecule has 0 aliphatic rings. The summed E-state index contributed by atoms with van der Waals surface area (Å²) in [6, 6.07) is 11.4. The van der Waals surface area contributed by atoms with Gasteiger partial charge in [-0.1, -0.05) is 37.3 Å². The third-order valence-corrected chi connectivity index (χ3v) is 4.99. The number of anilines is 1. The number of aromatic nitrogens is 4. The Morgan fingerprint density at radius 3 is 2.62 bits per heavy atom. The van der Waals surface area contributed by atoms with Crippen molar-refractivity contribution in [1.29, 1.82) is 0 Å². The van der Waals surface area contributed by atoms with Crippen LogP contribution in [0.2, 0.25) is 0 Å². The van der Waals surface area contributed by atoms with Gasteiger partial charge >= 0.3 is 0 Å². The molecule has 1 aromatic carbocycles. The highest BCUT2D eigenvalue weighted by Gasteiger charge is 2.12. The second kappa shape index (κ2) is 6.68. The van der Waals surface area contributed by atoms with Crippen LogP contribution in [0.1, 0.15) is 35.7 Å². The third kappa shape index (κ3) is 3.21. The number of nitrogens with one attached hydrogen (secondary N) is 2. The van der Waals surface area contributed by atoms with Crippen molar-refractivity contribution in [3.8, 4) is 11.3 Å². The van der Waals surface area contributed by atoms with E-state index in [-0.39, 0.29) is 5.91 Å².